The number of pyridine rings is 2. The lowest BCUT2D eigenvalue weighted by Gasteiger charge is -2.03. The van der Waals surface area contributed by atoms with E-state index in [1.165, 1.54) is 5.57 Å². The number of aromatic nitrogens is 5. The fourth-order valence-electron chi connectivity index (χ4n) is 2.62. The van der Waals surface area contributed by atoms with Crippen LogP contribution >= 0.6 is 11.3 Å². The van der Waals surface area contributed by atoms with Crippen LogP contribution in [0, 0.1) is 0 Å². The van der Waals surface area contributed by atoms with Crippen molar-refractivity contribution in [3.8, 4) is 32.7 Å². The second kappa shape index (κ2) is 7.55. The van der Waals surface area contributed by atoms with Gasteiger partial charge in [-0.3, -0.25) is 4.98 Å². The van der Waals surface area contributed by atoms with E-state index in [1.54, 1.807) is 36.0 Å². The second-order valence-corrected chi connectivity index (χ2v) is 7.18. The minimum atomic E-state index is 0.611. The summed E-state index contributed by atoms with van der Waals surface area (Å²) in [5.74, 6) is 0.611. The average Bonchev–Trinajstić information content (AvgIpc) is 3.12. The van der Waals surface area contributed by atoms with Gasteiger partial charge in [0.05, 0.1) is 16.3 Å². The highest BCUT2D eigenvalue weighted by molar-refractivity contribution is 7.18. The Morgan fingerprint density at radius 1 is 0.889 bits per heavy atom. The lowest BCUT2D eigenvalue weighted by Crippen LogP contribution is -1.92. The topological polar surface area (TPSA) is 64.5 Å². The van der Waals surface area contributed by atoms with Crippen molar-refractivity contribution in [1.29, 1.82) is 0 Å². The van der Waals surface area contributed by atoms with Crippen LogP contribution < -0.4 is 0 Å². The molecule has 5 nitrogen and oxygen atoms in total. The van der Waals surface area contributed by atoms with Gasteiger partial charge < -0.3 is 0 Å². The number of hydrogen-bond donors (Lipinski definition) is 0. The molecule has 132 valence electrons. The van der Waals surface area contributed by atoms with Crippen molar-refractivity contribution < 1.29 is 0 Å². The maximum Gasteiger partial charge on any atom is 0.178 e. The molecule has 4 heterocycles. The summed E-state index contributed by atoms with van der Waals surface area (Å²) in [4.78, 5) is 23.4. The van der Waals surface area contributed by atoms with E-state index in [4.69, 9.17) is 9.97 Å². The normalized spacial score (nSPS) is 10.6. The summed E-state index contributed by atoms with van der Waals surface area (Å²) in [5.41, 5.74) is 4.70. The Morgan fingerprint density at radius 2 is 1.70 bits per heavy atom. The molecule has 0 saturated heterocycles. The van der Waals surface area contributed by atoms with Gasteiger partial charge in [-0.2, -0.15) is 0 Å². The van der Waals surface area contributed by atoms with Gasteiger partial charge in [0.2, 0.25) is 0 Å². The van der Waals surface area contributed by atoms with Crippen LogP contribution in [-0.2, 0) is 0 Å². The first kappa shape index (κ1) is 17.2. The molecule has 0 atom stereocenters. The number of allylic oxidation sites excluding steroid dienone is 1. The molecule has 0 unspecified atom stereocenters. The lowest BCUT2D eigenvalue weighted by atomic mass is 10.2. The van der Waals surface area contributed by atoms with Gasteiger partial charge in [-0.15, -0.1) is 11.3 Å². The van der Waals surface area contributed by atoms with Gasteiger partial charge in [0.15, 0.2) is 5.82 Å². The lowest BCUT2D eigenvalue weighted by molar-refractivity contribution is 1.14. The zero-order chi connectivity index (χ0) is 18.6. The van der Waals surface area contributed by atoms with Gasteiger partial charge in [-0.1, -0.05) is 11.6 Å². The van der Waals surface area contributed by atoms with E-state index < -0.39 is 0 Å². The second-order valence-electron chi connectivity index (χ2n) is 6.18. The van der Waals surface area contributed by atoms with Gasteiger partial charge in [0.1, 0.15) is 10.7 Å². The van der Waals surface area contributed by atoms with Crippen LogP contribution in [0.5, 0.6) is 0 Å². The molecule has 0 aliphatic rings. The van der Waals surface area contributed by atoms with Crippen LogP contribution in [0.1, 0.15) is 19.5 Å². The zero-order valence-electron chi connectivity index (χ0n) is 15.0. The molecular formula is C21H17N5S. The Morgan fingerprint density at radius 3 is 2.44 bits per heavy atom. The number of nitrogens with zero attached hydrogens (tertiary/aromatic N) is 5. The third-order valence-electron chi connectivity index (χ3n) is 3.76. The minimum Gasteiger partial charge on any atom is -0.264 e. The molecule has 0 bridgehead atoms. The largest absolute Gasteiger partial charge is 0.264 e. The number of rotatable bonds is 4. The van der Waals surface area contributed by atoms with E-state index >= 15 is 0 Å². The molecule has 4 aromatic rings. The highest BCUT2D eigenvalue weighted by atomic mass is 32.1. The summed E-state index contributed by atoms with van der Waals surface area (Å²) in [6.45, 7) is 4.13. The van der Waals surface area contributed by atoms with E-state index in [2.05, 4.69) is 34.9 Å². The van der Waals surface area contributed by atoms with E-state index in [0.717, 1.165) is 32.5 Å². The quantitative estimate of drug-likeness (QED) is 0.496. The Kier molecular flexibility index (Phi) is 4.80. The first-order valence-electron chi connectivity index (χ1n) is 8.51. The minimum absolute atomic E-state index is 0.611. The molecule has 0 aliphatic heterocycles. The summed E-state index contributed by atoms with van der Waals surface area (Å²) in [7, 11) is 0. The molecule has 0 N–H and O–H groups in total. The van der Waals surface area contributed by atoms with Gasteiger partial charge in [-0.25, -0.2) is 19.9 Å². The van der Waals surface area contributed by atoms with Crippen molar-refractivity contribution in [3.05, 3.63) is 72.5 Å². The standard InChI is InChI=1S/C21H17N5S/c1-14(2)12-18-19(27-21(26-18)15-6-4-9-22-13-15)16-7-3-8-17(25-16)20-23-10-5-11-24-20/h3-13H,1-2H3. The Labute approximate surface area is 161 Å². The van der Waals surface area contributed by atoms with Crippen molar-refractivity contribution in [2.24, 2.45) is 0 Å². The van der Waals surface area contributed by atoms with Gasteiger partial charge in [0.25, 0.3) is 0 Å². The van der Waals surface area contributed by atoms with Crippen molar-refractivity contribution in [2.45, 2.75) is 13.8 Å². The van der Waals surface area contributed by atoms with Crippen LogP contribution in [0.3, 0.4) is 0 Å². The summed E-state index contributed by atoms with van der Waals surface area (Å²) >= 11 is 1.61. The third kappa shape index (κ3) is 3.80. The average molecular weight is 371 g/mol. The predicted molar refractivity (Wildman–Crippen MR) is 109 cm³/mol. The van der Waals surface area contributed by atoms with Gasteiger partial charge in [-0.05, 0) is 50.3 Å². The van der Waals surface area contributed by atoms with E-state index in [1.807, 2.05) is 36.5 Å². The van der Waals surface area contributed by atoms with Crippen molar-refractivity contribution >= 4 is 17.4 Å². The summed E-state index contributed by atoms with van der Waals surface area (Å²) in [6.07, 6.45) is 9.12. The first-order chi connectivity index (χ1) is 13.2. The maximum absolute atomic E-state index is 4.83. The van der Waals surface area contributed by atoms with Crippen molar-refractivity contribution in [2.75, 3.05) is 0 Å². The Balaban J connectivity index is 1.83. The highest BCUT2D eigenvalue weighted by Crippen LogP contribution is 2.36. The zero-order valence-corrected chi connectivity index (χ0v) is 15.8. The van der Waals surface area contributed by atoms with Gasteiger partial charge in [0, 0.05) is 30.4 Å². The fourth-order valence-corrected chi connectivity index (χ4v) is 3.62. The van der Waals surface area contributed by atoms with Crippen molar-refractivity contribution in [1.82, 2.24) is 24.9 Å². The molecule has 0 amide bonds. The third-order valence-corrected chi connectivity index (χ3v) is 4.91. The molecule has 0 aromatic carbocycles. The molecule has 0 fully saturated rings. The smallest absolute Gasteiger partial charge is 0.178 e. The molecule has 27 heavy (non-hydrogen) atoms. The van der Waals surface area contributed by atoms with Crippen LogP contribution in [0.15, 0.2) is 66.8 Å². The maximum atomic E-state index is 4.83. The molecule has 0 aliphatic carbocycles. The summed E-state index contributed by atoms with van der Waals surface area (Å²) < 4.78 is 0. The van der Waals surface area contributed by atoms with E-state index in [9.17, 15) is 0 Å². The van der Waals surface area contributed by atoms with Crippen LogP contribution in [0.2, 0.25) is 0 Å². The Bertz CT molecular complexity index is 1080. The van der Waals surface area contributed by atoms with Crippen LogP contribution in [0.4, 0.5) is 0 Å². The predicted octanol–water partition coefficient (Wildman–Crippen LogP) is 5.15. The summed E-state index contributed by atoms with van der Waals surface area (Å²) in [6, 6.07) is 11.6. The van der Waals surface area contributed by atoms with Gasteiger partial charge >= 0.3 is 0 Å². The molecule has 0 saturated carbocycles. The molecule has 4 aromatic heterocycles. The SMILES string of the molecule is CC(C)=Cc1nc(-c2cccnc2)sc1-c1cccc(-c2ncccn2)n1. The molecule has 0 radical (unpaired) electrons. The van der Waals surface area contributed by atoms with E-state index in [0.29, 0.717) is 5.82 Å². The number of thiazole rings is 1. The molecular weight excluding hydrogens is 354 g/mol. The first-order valence-corrected chi connectivity index (χ1v) is 9.33. The van der Waals surface area contributed by atoms with Crippen LogP contribution in [0.25, 0.3) is 38.7 Å². The molecule has 6 heteroatoms. The number of hydrogen-bond acceptors (Lipinski definition) is 6. The molecule has 4 rings (SSSR count). The monoisotopic (exact) mass is 371 g/mol. The summed E-state index contributed by atoms with van der Waals surface area (Å²) in [5, 5.41) is 0.925. The molecule has 0 spiro atoms. The van der Waals surface area contributed by atoms with E-state index in [-0.39, 0.29) is 0 Å². The van der Waals surface area contributed by atoms with Crippen molar-refractivity contribution in [3.63, 3.8) is 0 Å². The highest BCUT2D eigenvalue weighted by Gasteiger charge is 2.15. The fraction of sp³-hybridized carbons (Fsp3) is 0.0952. The Hall–Kier alpha value is -3.25. The van der Waals surface area contributed by atoms with Crippen LogP contribution in [-0.4, -0.2) is 24.9 Å².